The molecular formula is C36H26BN3. The van der Waals surface area contributed by atoms with Crippen LogP contribution in [0.4, 0.5) is 0 Å². The van der Waals surface area contributed by atoms with E-state index in [2.05, 4.69) is 96.0 Å². The molecule has 0 aliphatic heterocycles. The second-order valence-corrected chi connectivity index (χ2v) is 9.62. The van der Waals surface area contributed by atoms with Crippen LogP contribution in [0.1, 0.15) is 5.56 Å². The third-order valence-electron chi connectivity index (χ3n) is 6.96. The van der Waals surface area contributed by atoms with E-state index in [1.54, 1.807) is 12.1 Å². The van der Waals surface area contributed by atoms with Crippen molar-refractivity contribution >= 4 is 19.1 Å². The first kappa shape index (κ1) is 25.1. The number of hydrogen-bond donors (Lipinski definition) is 2. The number of benzene rings is 5. The smallest absolute Gasteiger partial charge is 0.154 e. The Balaban J connectivity index is 1.41. The van der Waals surface area contributed by atoms with Gasteiger partial charge in [-0.1, -0.05) is 139 Å². The molecule has 188 valence electrons. The van der Waals surface area contributed by atoms with Gasteiger partial charge in [-0.2, -0.15) is 0 Å². The zero-order valence-electron chi connectivity index (χ0n) is 21.9. The van der Waals surface area contributed by atoms with Gasteiger partial charge >= 0.3 is 0 Å². The van der Waals surface area contributed by atoms with Gasteiger partial charge in [0.15, 0.2) is 5.84 Å². The topological polar surface area (TPSA) is 52.0 Å². The van der Waals surface area contributed by atoms with E-state index >= 15 is 0 Å². The van der Waals surface area contributed by atoms with Gasteiger partial charge in [-0.15, -0.1) is 0 Å². The first-order valence-corrected chi connectivity index (χ1v) is 13.2. The van der Waals surface area contributed by atoms with E-state index in [0.29, 0.717) is 16.5 Å². The molecule has 40 heavy (non-hydrogen) atoms. The van der Waals surface area contributed by atoms with Crippen molar-refractivity contribution in [3.63, 3.8) is 0 Å². The lowest BCUT2D eigenvalue weighted by molar-refractivity contribution is 1.16. The van der Waals surface area contributed by atoms with Gasteiger partial charge in [0.05, 0.1) is 0 Å². The zero-order chi connectivity index (χ0) is 27.3. The summed E-state index contributed by atoms with van der Waals surface area (Å²) in [6.07, 6.45) is 1.95. The van der Waals surface area contributed by atoms with Crippen LogP contribution in [0.2, 0.25) is 0 Å². The summed E-state index contributed by atoms with van der Waals surface area (Å²) >= 11 is 0. The number of aromatic nitrogens is 1. The molecule has 3 nitrogen and oxygen atoms in total. The lowest BCUT2D eigenvalue weighted by atomic mass is 9.95. The van der Waals surface area contributed by atoms with Crippen molar-refractivity contribution in [2.24, 2.45) is 4.99 Å². The predicted molar refractivity (Wildman–Crippen MR) is 167 cm³/mol. The van der Waals surface area contributed by atoms with Crippen molar-refractivity contribution in [1.82, 2.24) is 4.98 Å². The van der Waals surface area contributed by atoms with Crippen molar-refractivity contribution in [3.8, 4) is 44.5 Å². The first-order chi connectivity index (χ1) is 19.6. The molecule has 5 aromatic carbocycles. The molecule has 0 fully saturated rings. The highest BCUT2D eigenvalue weighted by atomic mass is 14.9. The first-order valence-electron chi connectivity index (χ1n) is 13.2. The number of amidine groups is 1. The molecule has 1 heterocycles. The SMILES string of the molecule is [B]c1ccc(C(=N)N=c2[nH]cc(-c3ccc(-c4ccccc4)cc3)cc2-c2ccc(-c3ccccc3)cc2)cc1. The maximum absolute atomic E-state index is 8.64. The summed E-state index contributed by atoms with van der Waals surface area (Å²) in [5.41, 5.74) is 10.7. The van der Waals surface area contributed by atoms with Crippen molar-refractivity contribution in [2.75, 3.05) is 0 Å². The number of nitrogens with one attached hydrogen (secondary N) is 2. The molecule has 2 radical (unpaired) electrons. The molecule has 0 aliphatic carbocycles. The average Bonchev–Trinajstić information content (AvgIpc) is 3.02. The highest BCUT2D eigenvalue weighted by Gasteiger charge is 2.09. The van der Waals surface area contributed by atoms with Crippen LogP contribution in [0.15, 0.2) is 151 Å². The number of rotatable bonds is 5. The van der Waals surface area contributed by atoms with Gasteiger partial charge in [-0.05, 0) is 45.0 Å². The number of H-pyrrole nitrogens is 1. The number of hydrogen-bond acceptors (Lipinski definition) is 1. The Bertz CT molecular complexity index is 1820. The van der Waals surface area contributed by atoms with E-state index in [1.165, 1.54) is 16.7 Å². The van der Waals surface area contributed by atoms with Crippen molar-refractivity contribution in [1.29, 1.82) is 5.41 Å². The largest absolute Gasteiger partial charge is 0.345 e. The molecule has 6 rings (SSSR count). The Labute approximate surface area is 235 Å². The number of aromatic amines is 1. The zero-order valence-corrected chi connectivity index (χ0v) is 21.9. The van der Waals surface area contributed by atoms with Gasteiger partial charge in [0, 0.05) is 17.3 Å². The highest BCUT2D eigenvalue weighted by molar-refractivity contribution is 6.32. The summed E-state index contributed by atoms with van der Waals surface area (Å²) < 4.78 is 0. The van der Waals surface area contributed by atoms with Gasteiger partial charge in [0.25, 0.3) is 0 Å². The van der Waals surface area contributed by atoms with Gasteiger partial charge in [0.1, 0.15) is 13.3 Å². The van der Waals surface area contributed by atoms with E-state index in [0.717, 1.165) is 27.8 Å². The average molecular weight is 511 g/mol. The summed E-state index contributed by atoms with van der Waals surface area (Å²) in [5.74, 6) is 0.165. The molecule has 0 saturated carbocycles. The second kappa shape index (κ2) is 11.3. The third kappa shape index (κ3) is 5.47. The summed E-state index contributed by atoms with van der Waals surface area (Å²) in [6, 6.07) is 47.1. The maximum atomic E-state index is 8.64. The van der Waals surface area contributed by atoms with Crippen molar-refractivity contribution in [2.45, 2.75) is 0 Å². The minimum Gasteiger partial charge on any atom is -0.345 e. The van der Waals surface area contributed by atoms with E-state index in [9.17, 15) is 0 Å². The number of pyridine rings is 1. The minimum absolute atomic E-state index is 0.165. The van der Waals surface area contributed by atoms with Crippen LogP contribution < -0.4 is 11.0 Å². The van der Waals surface area contributed by atoms with E-state index in [4.69, 9.17) is 18.2 Å². The Morgan fingerprint density at radius 3 is 1.50 bits per heavy atom. The second-order valence-electron chi connectivity index (χ2n) is 9.62. The fourth-order valence-corrected chi connectivity index (χ4v) is 4.74. The van der Waals surface area contributed by atoms with E-state index in [-0.39, 0.29) is 5.84 Å². The van der Waals surface area contributed by atoms with Crippen LogP contribution in [-0.2, 0) is 0 Å². The summed E-state index contributed by atoms with van der Waals surface area (Å²) in [6.45, 7) is 0. The van der Waals surface area contributed by atoms with Crippen LogP contribution in [0, 0.1) is 5.41 Å². The minimum atomic E-state index is 0.165. The van der Waals surface area contributed by atoms with Gasteiger partial charge in [-0.3, -0.25) is 5.41 Å². The predicted octanol–water partition coefficient (Wildman–Crippen LogP) is 7.40. The molecule has 0 atom stereocenters. The molecule has 0 saturated heterocycles. The van der Waals surface area contributed by atoms with Crippen LogP contribution in [0.5, 0.6) is 0 Å². The van der Waals surface area contributed by atoms with Crippen molar-refractivity contribution < 1.29 is 0 Å². The maximum Gasteiger partial charge on any atom is 0.154 e. The molecular weight excluding hydrogens is 485 g/mol. The van der Waals surface area contributed by atoms with Crippen LogP contribution in [0.3, 0.4) is 0 Å². The Hall–Kier alpha value is -5.22. The van der Waals surface area contributed by atoms with E-state index in [1.807, 2.05) is 42.6 Å². The molecule has 0 amide bonds. The lowest BCUT2D eigenvalue weighted by Gasteiger charge is -2.10. The monoisotopic (exact) mass is 511 g/mol. The van der Waals surface area contributed by atoms with Crippen LogP contribution >= 0.6 is 0 Å². The number of nitrogens with zero attached hydrogens (tertiary/aromatic N) is 1. The molecule has 0 unspecified atom stereocenters. The van der Waals surface area contributed by atoms with Gasteiger partial charge in [0.2, 0.25) is 0 Å². The standard InChI is InChI=1S/C36H26BN3/c37-33-21-19-31(20-22-33)35(38)40-36-34(30-17-15-28(16-18-30)26-9-5-2-6-10-26)23-32(24-39-36)29-13-11-27(12-14-29)25-7-3-1-4-8-25/h1-24H,(H2,38,39,40). The van der Waals surface area contributed by atoms with Gasteiger partial charge in [-0.25, -0.2) is 4.99 Å². The summed E-state index contributed by atoms with van der Waals surface area (Å²) in [5, 5.41) is 8.64. The Kier molecular flexibility index (Phi) is 7.06. The lowest BCUT2D eigenvalue weighted by Crippen LogP contribution is -2.15. The summed E-state index contributed by atoms with van der Waals surface area (Å²) in [4.78, 5) is 8.07. The molecule has 1 aromatic heterocycles. The van der Waals surface area contributed by atoms with Crippen LogP contribution in [-0.4, -0.2) is 18.7 Å². The third-order valence-corrected chi connectivity index (χ3v) is 6.96. The highest BCUT2D eigenvalue weighted by Crippen LogP contribution is 2.28. The van der Waals surface area contributed by atoms with Gasteiger partial charge < -0.3 is 4.98 Å². The summed E-state index contributed by atoms with van der Waals surface area (Å²) in [7, 11) is 5.84. The molecule has 0 bridgehead atoms. The van der Waals surface area contributed by atoms with E-state index < -0.39 is 0 Å². The molecule has 0 spiro atoms. The van der Waals surface area contributed by atoms with Crippen molar-refractivity contribution in [3.05, 3.63) is 157 Å². The fraction of sp³-hybridized carbons (Fsp3) is 0. The molecule has 6 aromatic rings. The van der Waals surface area contributed by atoms with Crippen LogP contribution in [0.25, 0.3) is 44.5 Å². The Morgan fingerprint density at radius 2 is 0.975 bits per heavy atom. The molecule has 2 N–H and O–H groups in total. The quantitative estimate of drug-likeness (QED) is 0.138. The fourth-order valence-electron chi connectivity index (χ4n) is 4.74. The Morgan fingerprint density at radius 1 is 0.525 bits per heavy atom. The molecule has 4 heteroatoms. The normalized spacial score (nSPS) is 11.3. The molecule has 0 aliphatic rings.